The number of carbonyl (C=O) groups is 2. The first-order valence-electron chi connectivity index (χ1n) is 11.5. The van der Waals surface area contributed by atoms with Crippen LogP contribution in [0.1, 0.15) is 61.3 Å². The van der Waals surface area contributed by atoms with E-state index in [0.717, 1.165) is 12.8 Å². The lowest BCUT2D eigenvalue weighted by atomic mass is 10.1. The first-order chi connectivity index (χ1) is 15.4. The van der Waals surface area contributed by atoms with E-state index in [9.17, 15) is 9.59 Å². The van der Waals surface area contributed by atoms with Gasteiger partial charge >= 0.3 is 0 Å². The third kappa shape index (κ3) is 6.02. The Hall–Kier alpha value is -3.02. The number of amides is 2. The third-order valence-electron chi connectivity index (χ3n) is 5.84. The molecule has 1 saturated heterocycles. The van der Waals surface area contributed by atoms with Crippen LogP contribution in [-0.2, 0) is 0 Å². The molecule has 3 rings (SSSR count). The number of nitrogens with zero attached hydrogens (tertiary/aromatic N) is 2. The number of piperazine rings is 1. The second kappa shape index (κ2) is 11.0. The van der Waals surface area contributed by atoms with Crippen LogP contribution in [0.25, 0.3) is 0 Å². The molecule has 0 bridgehead atoms. The summed E-state index contributed by atoms with van der Waals surface area (Å²) in [6, 6.07) is 14.7. The maximum atomic E-state index is 13.0. The summed E-state index contributed by atoms with van der Waals surface area (Å²) in [4.78, 5) is 29.6. The zero-order chi connectivity index (χ0) is 23.1. The van der Waals surface area contributed by atoms with E-state index in [0.29, 0.717) is 48.8 Å². The van der Waals surface area contributed by atoms with Crippen LogP contribution < -0.4 is 9.47 Å². The van der Waals surface area contributed by atoms with Crippen molar-refractivity contribution in [3.05, 3.63) is 59.7 Å². The van der Waals surface area contributed by atoms with E-state index in [-0.39, 0.29) is 24.0 Å². The highest BCUT2D eigenvalue weighted by Crippen LogP contribution is 2.20. The predicted octanol–water partition coefficient (Wildman–Crippen LogP) is 4.64. The molecule has 6 heteroatoms. The van der Waals surface area contributed by atoms with Crippen molar-refractivity contribution in [3.8, 4) is 11.5 Å². The summed E-state index contributed by atoms with van der Waals surface area (Å²) >= 11 is 0. The van der Waals surface area contributed by atoms with Gasteiger partial charge in [0, 0.05) is 37.3 Å². The largest absolute Gasteiger partial charge is 0.491 e. The molecule has 1 aliphatic rings. The maximum absolute atomic E-state index is 13.0. The minimum atomic E-state index is -0.0318. The summed E-state index contributed by atoms with van der Waals surface area (Å²) in [6.07, 6.45) is 2.01. The van der Waals surface area contributed by atoms with Crippen molar-refractivity contribution < 1.29 is 19.1 Å². The van der Waals surface area contributed by atoms with Gasteiger partial charge in [-0.05, 0) is 63.1 Å². The minimum Gasteiger partial charge on any atom is -0.491 e. The number of hydrogen-bond acceptors (Lipinski definition) is 4. The van der Waals surface area contributed by atoms with Gasteiger partial charge in [-0.25, -0.2) is 0 Å². The molecule has 0 radical (unpaired) electrons. The summed E-state index contributed by atoms with van der Waals surface area (Å²) < 4.78 is 11.7. The molecule has 2 atom stereocenters. The van der Waals surface area contributed by atoms with Crippen molar-refractivity contribution in [3.63, 3.8) is 0 Å². The van der Waals surface area contributed by atoms with Crippen LogP contribution in [0.3, 0.4) is 0 Å². The molecule has 0 aromatic heterocycles. The lowest BCUT2D eigenvalue weighted by Gasteiger charge is -2.35. The molecule has 172 valence electrons. The van der Waals surface area contributed by atoms with Gasteiger partial charge in [0.2, 0.25) is 0 Å². The Morgan fingerprint density at radius 1 is 0.750 bits per heavy atom. The molecular formula is C26H34N2O4. The quantitative estimate of drug-likeness (QED) is 0.603. The molecule has 0 aliphatic carbocycles. The van der Waals surface area contributed by atoms with E-state index in [1.54, 1.807) is 21.9 Å². The first kappa shape index (κ1) is 23.6. The van der Waals surface area contributed by atoms with Gasteiger partial charge in [0.1, 0.15) is 11.5 Å². The molecule has 0 spiro atoms. The fourth-order valence-corrected chi connectivity index (χ4v) is 3.51. The normalized spacial score (nSPS) is 15.8. The molecule has 1 aliphatic heterocycles. The van der Waals surface area contributed by atoms with Crippen LogP contribution >= 0.6 is 0 Å². The summed E-state index contributed by atoms with van der Waals surface area (Å²) in [5, 5.41) is 0. The molecule has 0 saturated carbocycles. The zero-order valence-electron chi connectivity index (χ0n) is 19.5. The monoisotopic (exact) mass is 438 g/mol. The smallest absolute Gasteiger partial charge is 0.254 e. The summed E-state index contributed by atoms with van der Waals surface area (Å²) in [7, 11) is 0. The molecule has 0 N–H and O–H groups in total. The van der Waals surface area contributed by atoms with Crippen LogP contribution in [-0.4, -0.2) is 60.0 Å². The summed E-state index contributed by atoms with van der Waals surface area (Å²) in [6.45, 7) is 10.2. The minimum absolute atomic E-state index is 0.0318. The fraction of sp³-hybridized carbons (Fsp3) is 0.462. The number of benzene rings is 2. The maximum Gasteiger partial charge on any atom is 0.254 e. The Morgan fingerprint density at radius 3 is 1.47 bits per heavy atom. The molecule has 2 unspecified atom stereocenters. The van der Waals surface area contributed by atoms with Gasteiger partial charge in [0.25, 0.3) is 11.8 Å². The summed E-state index contributed by atoms with van der Waals surface area (Å²) in [5.74, 6) is 1.35. The van der Waals surface area contributed by atoms with E-state index >= 15 is 0 Å². The third-order valence-corrected chi connectivity index (χ3v) is 5.84. The number of rotatable bonds is 8. The van der Waals surface area contributed by atoms with Crippen molar-refractivity contribution in [1.82, 2.24) is 9.80 Å². The highest BCUT2D eigenvalue weighted by atomic mass is 16.5. The topological polar surface area (TPSA) is 59.1 Å². The second-order valence-electron chi connectivity index (χ2n) is 8.31. The average Bonchev–Trinajstić information content (AvgIpc) is 2.83. The van der Waals surface area contributed by atoms with Crippen LogP contribution in [0.15, 0.2) is 48.5 Å². The fourth-order valence-electron chi connectivity index (χ4n) is 3.51. The SMILES string of the molecule is CCC(C)Oc1cccc(C(=O)N2CCN(C(=O)c3cccc(OC(C)CC)c3)CC2)c1. The van der Waals surface area contributed by atoms with E-state index in [1.165, 1.54) is 0 Å². The van der Waals surface area contributed by atoms with Crippen molar-refractivity contribution in [2.45, 2.75) is 52.7 Å². The van der Waals surface area contributed by atoms with Crippen LogP contribution in [0.4, 0.5) is 0 Å². The Labute approximate surface area is 191 Å². The Bertz CT molecular complexity index is 846. The molecule has 1 heterocycles. The van der Waals surface area contributed by atoms with E-state index < -0.39 is 0 Å². The van der Waals surface area contributed by atoms with E-state index in [2.05, 4.69) is 13.8 Å². The zero-order valence-corrected chi connectivity index (χ0v) is 19.5. The molecule has 2 amide bonds. The number of hydrogen-bond donors (Lipinski definition) is 0. The van der Waals surface area contributed by atoms with Gasteiger partial charge in [-0.2, -0.15) is 0 Å². The van der Waals surface area contributed by atoms with Crippen molar-refractivity contribution in [2.24, 2.45) is 0 Å². The lowest BCUT2D eigenvalue weighted by Crippen LogP contribution is -2.50. The van der Waals surface area contributed by atoms with Crippen molar-refractivity contribution >= 4 is 11.8 Å². The molecular weight excluding hydrogens is 404 g/mol. The number of carbonyl (C=O) groups excluding carboxylic acids is 2. The average molecular weight is 439 g/mol. The Morgan fingerprint density at radius 2 is 1.12 bits per heavy atom. The van der Waals surface area contributed by atoms with Gasteiger partial charge in [0.05, 0.1) is 12.2 Å². The van der Waals surface area contributed by atoms with Crippen LogP contribution in [0.2, 0.25) is 0 Å². The Kier molecular flexibility index (Phi) is 8.14. The molecule has 2 aromatic carbocycles. The van der Waals surface area contributed by atoms with Crippen LogP contribution in [0, 0.1) is 0 Å². The second-order valence-corrected chi connectivity index (χ2v) is 8.31. The van der Waals surface area contributed by atoms with Gasteiger partial charge in [0.15, 0.2) is 0 Å². The summed E-state index contributed by atoms with van der Waals surface area (Å²) in [5.41, 5.74) is 1.22. The number of ether oxygens (including phenoxy) is 2. The van der Waals surface area contributed by atoms with Gasteiger partial charge in [-0.3, -0.25) is 9.59 Å². The first-order valence-corrected chi connectivity index (χ1v) is 11.5. The molecule has 1 fully saturated rings. The molecule has 6 nitrogen and oxygen atoms in total. The predicted molar refractivity (Wildman–Crippen MR) is 125 cm³/mol. The molecule has 2 aromatic rings. The van der Waals surface area contributed by atoms with Crippen molar-refractivity contribution in [1.29, 1.82) is 0 Å². The van der Waals surface area contributed by atoms with Crippen molar-refractivity contribution in [2.75, 3.05) is 26.2 Å². The van der Waals surface area contributed by atoms with Gasteiger partial charge in [-0.15, -0.1) is 0 Å². The van der Waals surface area contributed by atoms with Gasteiger partial charge in [-0.1, -0.05) is 26.0 Å². The lowest BCUT2D eigenvalue weighted by molar-refractivity contribution is 0.0535. The van der Waals surface area contributed by atoms with E-state index in [1.807, 2.05) is 50.2 Å². The van der Waals surface area contributed by atoms with Gasteiger partial charge < -0.3 is 19.3 Å². The highest BCUT2D eigenvalue weighted by molar-refractivity contribution is 5.96. The molecule has 32 heavy (non-hydrogen) atoms. The highest BCUT2D eigenvalue weighted by Gasteiger charge is 2.26. The van der Waals surface area contributed by atoms with E-state index in [4.69, 9.17) is 9.47 Å². The standard InChI is InChI=1S/C26H34N2O4/c1-5-19(3)31-23-11-7-9-21(17-23)25(29)27-13-15-28(16-14-27)26(30)22-10-8-12-24(18-22)32-20(4)6-2/h7-12,17-20H,5-6,13-16H2,1-4H3. The Balaban J connectivity index is 1.59. The van der Waals surface area contributed by atoms with Crippen LogP contribution in [0.5, 0.6) is 11.5 Å².